The third-order valence-corrected chi connectivity index (χ3v) is 2.50. The molecule has 2 N–H and O–H groups in total. The number of rotatable bonds is 6. The Morgan fingerprint density at radius 2 is 2.06 bits per heavy atom. The molecule has 1 aromatic rings. The van der Waals surface area contributed by atoms with Gasteiger partial charge in [-0.05, 0) is 31.0 Å². The molecule has 0 saturated carbocycles. The van der Waals surface area contributed by atoms with Gasteiger partial charge in [0.2, 0.25) is 0 Å². The summed E-state index contributed by atoms with van der Waals surface area (Å²) >= 11 is 0. The second kappa shape index (κ2) is 6.91. The van der Waals surface area contributed by atoms with Crippen molar-refractivity contribution < 1.29 is 14.6 Å². The van der Waals surface area contributed by atoms with Crippen LogP contribution in [0.15, 0.2) is 24.3 Å². The Kier molecular flexibility index (Phi) is 5.49. The quantitative estimate of drug-likeness (QED) is 0.787. The van der Waals surface area contributed by atoms with E-state index < -0.39 is 0 Å². The van der Waals surface area contributed by atoms with Crippen molar-refractivity contribution in [1.82, 2.24) is 5.32 Å². The highest BCUT2D eigenvalue weighted by molar-refractivity contribution is 5.77. The Balaban J connectivity index is 2.36. The fourth-order valence-corrected chi connectivity index (χ4v) is 1.26. The number of benzene rings is 1. The highest BCUT2D eigenvalue weighted by Gasteiger charge is 2.05. The van der Waals surface area contributed by atoms with Crippen molar-refractivity contribution in [1.29, 1.82) is 0 Å². The van der Waals surface area contributed by atoms with E-state index in [1.54, 1.807) is 24.3 Å². The maximum atomic E-state index is 11.4. The van der Waals surface area contributed by atoms with Gasteiger partial charge in [0, 0.05) is 6.04 Å². The number of carbonyl (C=O) groups excluding carboxylic acids is 1. The Bertz CT molecular complexity index is 348. The van der Waals surface area contributed by atoms with Gasteiger partial charge < -0.3 is 15.2 Å². The van der Waals surface area contributed by atoms with Crippen LogP contribution in [0.25, 0.3) is 0 Å². The summed E-state index contributed by atoms with van der Waals surface area (Å²) in [5.41, 5.74) is 0.821. The van der Waals surface area contributed by atoms with E-state index in [-0.39, 0.29) is 25.2 Å². The van der Waals surface area contributed by atoms with E-state index in [1.165, 1.54) is 0 Å². The SMILES string of the molecule is CCC(C)NC(=O)COc1ccc(CO)cc1. The van der Waals surface area contributed by atoms with Crippen molar-refractivity contribution in [2.75, 3.05) is 6.61 Å². The van der Waals surface area contributed by atoms with Gasteiger partial charge in [-0.2, -0.15) is 0 Å². The van der Waals surface area contributed by atoms with Crippen LogP contribution in [0.5, 0.6) is 5.75 Å². The third kappa shape index (κ3) is 4.87. The lowest BCUT2D eigenvalue weighted by atomic mass is 10.2. The van der Waals surface area contributed by atoms with Crippen LogP contribution in [0.3, 0.4) is 0 Å². The van der Waals surface area contributed by atoms with Crippen LogP contribution in [0.2, 0.25) is 0 Å². The summed E-state index contributed by atoms with van der Waals surface area (Å²) in [5, 5.41) is 11.7. The molecule has 94 valence electrons. The van der Waals surface area contributed by atoms with E-state index in [0.717, 1.165) is 12.0 Å². The summed E-state index contributed by atoms with van der Waals surface area (Å²) in [6.07, 6.45) is 0.900. The van der Waals surface area contributed by atoms with Crippen LogP contribution in [-0.2, 0) is 11.4 Å². The molecule has 4 heteroatoms. The van der Waals surface area contributed by atoms with E-state index in [2.05, 4.69) is 5.32 Å². The van der Waals surface area contributed by atoms with Crippen molar-refractivity contribution >= 4 is 5.91 Å². The predicted octanol–water partition coefficient (Wildman–Crippen LogP) is 1.47. The van der Waals surface area contributed by atoms with Crippen molar-refractivity contribution in [3.8, 4) is 5.75 Å². The van der Waals surface area contributed by atoms with E-state index >= 15 is 0 Å². The van der Waals surface area contributed by atoms with Gasteiger partial charge in [-0.15, -0.1) is 0 Å². The second-order valence-electron chi connectivity index (χ2n) is 3.97. The number of amides is 1. The zero-order valence-electron chi connectivity index (χ0n) is 10.3. The fourth-order valence-electron chi connectivity index (χ4n) is 1.26. The van der Waals surface area contributed by atoms with Crippen LogP contribution >= 0.6 is 0 Å². The van der Waals surface area contributed by atoms with E-state index in [4.69, 9.17) is 9.84 Å². The molecule has 0 fully saturated rings. The lowest BCUT2D eigenvalue weighted by Crippen LogP contribution is -2.35. The molecule has 1 amide bonds. The number of aliphatic hydroxyl groups is 1. The summed E-state index contributed by atoms with van der Waals surface area (Å²) in [5.74, 6) is 0.507. The molecule has 0 heterocycles. The molecule has 1 atom stereocenters. The Labute approximate surface area is 102 Å². The van der Waals surface area contributed by atoms with Gasteiger partial charge in [0.25, 0.3) is 5.91 Å². The number of carbonyl (C=O) groups is 1. The van der Waals surface area contributed by atoms with Gasteiger partial charge in [-0.1, -0.05) is 19.1 Å². The molecule has 1 unspecified atom stereocenters. The summed E-state index contributed by atoms with van der Waals surface area (Å²) in [6.45, 7) is 3.99. The summed E-state index contributed by atoms with van der Waals surface area (Å²) < 4.78 is 5.32. The van der Waals surface area contributed by atoms with E-state index in [0.29, 0.717) is 5.75 Å². The van der Waals surface area contributed by atoms with Crippen molar-refractivity contribution in [2.45, 2.75) is 32.9 Å². The summed E-state index contributed by atoms with van der Waals surface area (Å²) in [4.78, 5) is 11.4. The average Bonchev–Trinajstić information content (AvgIpc) is 2.36. The molecule has 4 nitrogen and oxygen atoms in total. The van der Waals surface area contributed by atoms with Gasteiger partial charge in [-0.3, -0.25) is 4.79 Å². The minimum absolute atomic E-state index is 0.00871. The zero-order chi connectivity index (χ0) is 12.7. The Morgan fingerprint density at radius 3 is 2.59 bits per heavy atom. The summed E-state index contributed by atoms with van der Waals surface area (Å²) in [7, 11) is 0. The van der Waals surface area contributed by atoms with Crippen molar-refractivity contribution in [2.24, 2.45) is 0 Å². The van der Waals surface area contributed by atoms with Gasteiger partial charge in [0.05, 0.1) is 6.61 Å². The van der Waals surface area contributed by atoms with Crippen molar-refractivity contribution in [3.05, 3.63) is 29.8 Å². The standard InChI is InChI=1S/C13H19NO3/c1-3-10(2)14-13(16)9-17-12-6-4-11(8-15)5-7-12/h4-7,10,15H,3,8-9H2,1-2H3,(H,14,16). The molecular weight excluding hydrogens is 218 g/mol. The largest absolute Gasteiger partial charge is 0.484 e. The minimum atomic E-state index is -0.120. The molecule has 0 aromatic heterocycles. The van der Waals surface area contributed by atoms with Crippen LogP contribution in [0.1, 0.15) is 25.8 Å². The first-order valence-electron chi connectivity index (χ1n) is 5.77. The van der Waals surface area contributed by atoms with Crippen LogP contribution in [0.4, 0.5) is 0 Å². The molecule has 1 rings (SSSR count). The highest BCUT2D eigenvalue weighted by atomic mass is 16.5. The van der Waals surface area contributed by atoms with E-state index in [9.17, 15) is 4.79 Å². The minimum Gasteiger partial charge on any atom is -0.484 e. The Morgan fingerprint density at radius 1 is 1.41 bits per heavy atom. The number of hydrogen-bond donors (Lipinski definition) is 2. The molecule has 0 aliphatic rings. The fraction of sp³-hybridized carbons (Fsp3) is 0.462. The van der Waals surface area contributed by atoms with Gasteiger partial charge >= 0.3 is 0 Å². The summed E-state index contributed by atoms with van der Waals surface area (Å²) in [6, 6.07) is 7.18. The monoisotopic (exact) mass is 237 g/mol. The number of aliphatic hydroxyl groups excluding tert-OH is 1. The molecule has 0 spiro atoms. The first kappa shape index (κ1) is 13.5. The third-order valence-electron chi connectivity index (χ3n) is 2.50. The number of nitrogens with one attached hydrogen (secondary N) is 1. The maximum Gasteiger partial charge on any atom is 0.258 e. The first-order chi connectivity index (χ1) is 8.15. The molecule has 1 aromatic carbocycles. The highest BCUT2D eigenvalue weighted by Crippen LogP contribution is 2.11. The normalized spacial score (nSPS) is 11.9. The second-order valence-corrected chi connectivity index (χ2v) is 3.97. The van der Waals surface area contributed by atoms with Crippen molar-refractivity contribution in [3.63, 3.8) is 0 Å². The number of hydrogen-bond acceptors (Lipinski definition) is 3. The topological polar surface area (TPSA) is 58.6 Å². The van der Waals surface area contributed by atoms with Crippen LogP contribution < -0.4 is 10.1 Å². The molecular formula is C13H19NO3. The lowest BCUT2D eigenvalue weighted by molar-refractivity contribution is -0.123. The maximum absolute atomic E-state index is 11.4. The zero-order valence-corrected chi connectivity index (χ0v) is 10.3. The predicted molar refractivity (Wildman–Crippen MR) is 65.8 cm³/mol. The Hall–Kier alpha value is -1.55. The molecule has 0 saturated heterocycles. The number of ether oxygens (including phenoxy) is 1. The van der Waals surface area contributed by atoms with Gasteiger partial charge in [-0.25, -0.2) is 0 Å². The van der Waals surface area contributed by atoms with E-state index in [1.807, 2.05) is 13.8 Å². The molecule has 0 aliphatic heterocycles. The average molecular weight is 237 g/mol. The molecule has 0 bridgehead atoms. The lowest BCUT2D eigenvalue weighted by Gasteiger charge is -2.12. The van der Waals surface area contributed by atoms with Gasteiger partial charge in [0.1, 0.15) is 5.75 Å². The van der Waals surface area contributed by atoms with Crippen LogP contribution in [0, 0.1) is 0 Å². The first-order valence-corrected chi connectivity index (χ1v) is 5.77. The smallest absolute Gasteiger partial charge is 0.258 e. The molecule has 0 aliphatic carbocycles. The van der Waals surface area contributed by atoms with Gasteiger partial charge in [0.15, 0.2) is 6.61 Å². The molecule has 0 radical (unpaired) electrons. The molecule has 17 heavy (non-hydrogen) atoms. The van der Waals surface area contributed by atoms with Crippen LogP contribution in [-0.4, -0.2) is 23.7 Å².